The molecule has 4 nitrogen and oxygen atoms in total. The van der Waals surface area contributed by atoms with Crippen molar-refractivity contribution in [3.63, 3.8) is 0 Å². The van der Waals surface area contributed by atoms with Crippen LogP contribution in [-0.2, 0) is 9.59 Å². The molecule has 250 valence electrons. The van der Waals surface area contributed by atoms with Crippen LogP contribution in [0.2, 0.25) is 0 Å². The van der Waals surface area contributed by atoms with Crippen molar-refractivity contribution in [1.29, 1.82) is 0 Å². The van der Waals surface area contributed by atoms with Crippen LogP contribution in [-0.4, -0.2) is 35.0 Å². The van der Waals surface area contributed by atoms with Gasteiger partial charge in [-0.15, -0.1) is 0 Å². The van der Waals surface area contributed by atoms with E-state index in [0.29, 0.717) is 12.8 Å². The molecule has 0 aromatic rings. The predicted octanol–water partition coefficient (Wildman–Crippen LogP) is 11.9. The molecule has 0 saturated heterocycles. The molecule has 42 heavy (non-hydrogen) atoms. The number of amides is 2. The monoisotopic (exact) mass is 594 g/mol. The van der Waals surface area contributed by atoms with Gasteiger partial charge in [0.1, 0.15) is 0 Å². The van der Waals surface area contributed by atoms with E-state index in [1.54, 1.807) is 0 Å². The third-order valence-corrected chi connectivity index (χ3v) is 8.91. The third-order valence-electron chi connectivity index (χ3n) is 8.91. The molecule has 0 heterocycles. The first-order chi connectivity index (χ1) is 20.7. The maximum Gasteiger partial charge on any atom is 0.229 e. The lowest BCUT2D eigenvalue weighted by molar-refractivity contribution is -0.145. The highest BCUT2D eigenvalue weighted by atomic mass is 16.3. The summed E-state index contributed by atoms with van der Waals surface area (Å²) < 4.78 is 0. The number of imide groups is 1. The molecule has 0 aliphatic rings. The second kappa shape index (κ2) is 34.6. The van der Waals surface area contributed by atoms with E-state index in [4.69, 9.17) is 0 Å². The first-order valence-corrected chi connectivity index (χ1v) is 19.1. The Morgan fingerprint density at radius 1 is 0.381 bits per heavy atom. The predicted molar refractivity (Wildman–Crippen MR) is 183 cm³/mol. The molecule has 0 aliphatic heterocycles. The van der Waals surface area contributed by atoms with E-state index in [2.05, 4.69) is 13.8 Å². The summed E-state index contributed by atoms with van der Waals surface area (Å²) in [6.07, 6.45) is 39.9. The molecule has 0 bridgehead atoms. The zero-order valence-electron chi connectivity index (χ0n) is 28.8. The fourth-order valence-electron chi connectivity index (χ4n) is 6.05. The van der Waals surface area contributed by atoms with Crippen molar-refractivity contribution in [3.8, 4) is 0 Å². The lowest BCUT2D eigenvalue weighted by Crippen LogP contribution is -2.38. The van der Waals surface area contributed by atoms with Gasteiger partial charge in [0.2, 0.25) is 11.8 Å². The van der Waals surface area contributed by atoms with Crippen LogP contribution in [0.5, 0.6) is 0 Å². The Morgan fingerprint density at radius 2 is 0.595 bits per heavy atom. The Labute approximate surface area is 263 Å². The summed E-state index contributed by atoms with van der Waals surface area (Å²) in [6.45, 7) is 4.56. The molecule has 0 spiro atoms. The van der Waals surface area contributed by atoms with Crippen LogP contribution in [0.25, 0.3) is 0 Å². The van der Waals surface area contributed by atoms with Crippen molar-refractivity contribution in [2.24, 2.45) is 0 Å². The molecule has 1 N–H and O–H groups in total. The van der Waals surface area contributed by atoms with E-state index < -0.39 is 0 Å². The van der Waals surface area contributed by atoms with Crippen molar-refractivity contribution in [2.75, 3.05) is 13.2 Å². The van der Waals surface area contributed by atoms with Crippen LogP contribution >= 0.6 is 0 Å². The van der Waals surface area contributed by atoms with Crippen LogP contribution in [0.4, 0.5) is 0 Å². The maximum atomic E-state index is 12.7. The van der Waals surface area contributed by atoms with E-state index in [1.165, 1.54) is 172 Å². The fraction of sp³-hybridized carbons (Fsp3) is 0.947. The minimum atomic E-state index is -0.144. The van der Waals surface area contributed by atoms with Gasteiger partial charge < -0.3 is 5.11 Å². The SMILES string of the molecule is CCCCCCCCCCCCCCCCCC(=O)N(CCO)C(=O)CCCCCCCCCCCCCCCCC. The summed E-state index contributed by atoms with van der Waals surface area (Å²) in [6, 6.07) is 0. The molecule has 0 unspecified atom stereocenters. The van der Waals surface area contributed by atoms with Crippen molar-refractivity contribution < 1.29 is 14.7 Å². The third kappa shape index (κ3) is 29.2. The first kappa shape index (κ1) is 41.1. The molecule has 0 aliphatic carbocycles. The average molecular weight is 594 g/mol. The first-order valence-electron chi connectivity index (χ1n) is 19.1. The van der Waals surface area contributed by atoms with E-state index in [9.17, 15) is 14.7 Å². The zero-order chi connectivity index (χ0) is 30.8. The van der Waals surface area contributed by atoms with Crippen LogP contribution in [0.3, 0.4) is 0 Å². The number of unbranched alkanes of at least 4 members (excludes halogenated alkanes) is 28. The molecule has 0 saturated carbocycles. The Kier molecular flexibility index (Phi) is 33.8. The number of aliphatic hydroxyl groups is 1. The number of hydrogen-bond acceptors (Lipinski definition) is 3. The quantitative estimate of drug-likeness (QED) is 0.0755. The summed E-state index contributed by atoms with van der Waals surface area (Å²) in [5, 5.41) is 9.40. The normalized spacial score (nSPS) is 11.3. The number of aliphatic hydroxyl groups excluding tert-OH is 1. The van der Waals surface area contributed by atoms with E-state index >= 15 is 0 Å². The molecule has 0 rings (SSSR count). The van der Waals surface area contributed by atoms with Gasteiger partial charge >= 0.3 is 0 Å². The second-order valence-corrected chi connectivity index (χ2v) is 13.1. The second-order valence-electron chi connectivity index (χ2n) is 13.1. The summed E-state index contributed by atoms with van der Waals surface area (Å²) in [5.41, 5.74) is 0. The highest BCUT2D eigenvalue weighted by Crippen LogP contribution is 2.16. The highest BCUT2D eigenvalue weighted by molar-refractivity contribution is 5.95. The van der Waals surface area contributed by atoms with Gasteiger partial charge in [-0.1, -0.05) is 194 Å². The number of carbonyl (C=O) groups is 2. The Balaban J connectivity index is 3.64. The van der Waals surface area contributed by atoms with Crippen LogP contribution < -0.4 is 0 Å². The molecule has 4 heteroatoms. The molecule has 0 aromatic heterocycles. The van der Waals surface area contributed by atoms with Gasteiger partial charge in [-0.2, -0.15) is 0 Å². The van der Waals surface area contributed by atoms with Crippen LogP contribution in [0.15, 0.2) is 0 Å². The van der Waals surface area contributed by atoms with E-state index in [0.717, 1.165) is 25.7 Å². The molecule has 0 atom stereocenters. The highest BCUT2D eigenvalue weighted by Gasteiger charge is 2.19. The van der Waals surface area contributed by atoms with Gasteiger partial charge in [0.25, 0.3) is 0 Å². The van der Waals surface area contributed by atoms with Crippen molar-refractivity contribution in [1.82, 2.24) is 4.90 Å². The van der Waals surface area contributed by atoms with Gasteiger partial charge in [-0.3, -0.25) is 14.5 Å². The molecule has 0 aromatic carbocycles. The van der Waals surface area contributed by atoms with Gasteiger partial charge in [0.15, 0.2) is 0 Å². The Hall–Kier alpha value is -0.900. The van der Waals surface area contributed by atoms with Gasteiger partial charge in [0, 0.05) is 12.8 Å². The lowest BCUT2D eigenvalue weighted by atomic mass is 10.0. The van der Waals surface area contributed by atoms with Gasteiger partial charge in [0.05, 0.1) is 13.2 Å². The maximum absolute atomic E-state index is 12.7. The summed E-state index contributed by atoms with van der Waals surface area (Å²) in [7, 11) is 0. The van der Waals surface area contributed by atoms with Crippen molar-refractivity contribution >= 4 is 11.8 Å². The number of rotatable bonds is 34. The molecule has 2 amide bonds. The fourth-order valence-corrected chi connectivity index (χ4v) is 6.05. The minimum absolute atomic E-state index is 0.0929. The van der Waals surface area contributed by atoms with Crippen molar-refractivity contribution in [3.05, 3.63) is 0 Å². The van der Waals surface area contributed by atoms with Crippen LogP contribution in [0.1, 0.15) is 219 Å². The molecule has 0 fully saturated rings. The largest absolute Gasteiger partial charge is 0.395 e. The summed E-state index contributed by atoms with van der Waals surface area (Å²) in [5.74, 6) is -0.186. The summed E-state index contributed by atoms with van der Waals surface area (Å²) >= 11 is 0. The van der Waals surface area contributed by atoms with Gasteiger partial charge in [-0.25, -0.2) is 0 Å². The Morgan fingerprint density at radius 3 is 0.810 bits per heavy atom. The van der Waals surface area contributed by atoms with Gasteiger partial charge in [-0.05, 0) is 12.8 Å². The molecular formula is C38H75NO3. The van der Waals surface area contributed by atoms with Crippen LogP contribution in [0, 0.1) is 0 Å². The van der Waals surface area contributed by atoms with E-state index in [-0.39, 0.29) is 25.0 Å². The number of hydrogen-bond donors (Lipinski definition) is 1. The Bertz CT molecular complexity index is 519. The average Bonchev–Trinajstić information content (AvgIpc) is 2.99. The zero-order valence-corrected chi connectivity index (χ0v) is 28.8. The topological polar surface area (TPSA) is 57.6 Å². The van der Waals surface area contributed by atoms with Crippen molar-refractivity contribution in [2.45, 2.75) is 219 Å². The smallest absolute Gasteiger partial charge is 0.229 e. The lowest BCUT2D eigenvalue weighted by Gasteiger charge is -2.20. The standard InChI is InChI=1S/C38H75NO3/c1-3-5-7-9-11-13-15-17-19-21-23-25-27-29-31-33-37(41)39(35-36-40)38(42)34-32-30-28-26-24-22-20-18-16-14-12-10-8-6-4-2/h40H,3-36H2,1-2H3. The minimum Gasteiger partial charge on any atom is -0.395 e. The molecule has 0 radical (unpaired) electrons. The summed E-state index contributed by atoms with van der Waals surface area (Å²) in [4.78, 5) is 26.7. The van der Waals surface area contributed by atoms with E-state index in [1.807, 2.05) is 0 Å². The molecular weight excluding hydrogens is 518 g/mol. The number of carbonyl (C=O) groups excluding carboxylic acids is 2. The number of nitrogens with zero attached hydrogens (tertiary/aromatic N) is 1.